The summed E-state index contributed by atoms with van der Waals surface area (Å²) in [5.41, 5.74) is 2.51. The molecule has 0 amide bonds. The molecule has 29 heavy (non-hydrogen) atoms. The van der Waals surface area contributed by atoms with Crippen LogP contribution in [-0.4, -0.2) is 53.4 Å². The van der Waals surface area contributed by atoms with Gasteiger partial charge < -0.3 is 15.0 Å². The molecule has 2 heterocycles. The van der Waals surface area contributed by atoms with Crippen molar-refractivity contribution in [3.05, 3.63) is 53.9 Å². The first-order valence-corrected chi connectivity index (χ1v) is 10.4. The third-order valence-electron chi connectivity index (χ3n) is 5.03. The van der Waals surface area contributed by atoms with Crippen LogP contribution in [0, 0.1) is 5.92 Å². The van der Waals surface area contributed by atoms with Crippen LogP contribution in [0.15, 0.2) is 47.7 Å². The summed E-state index contributed by atoms with van der Waals surface area (Å²) < 4.78 is 7.80. The van der Waals surface area contributed by atoms with Crippen molar-refractivity contribution >= 4 is 29.9 Å². The van der Waals surface area contributed by atoms with Gasteiger partial charge in [0.05, 0.1) is 19.4 Å². The third kappa shape index (κ3) is 7.97. The minimum absolute atomic E-state index is 0. The number of nitrogens with zero attached hydrogens (tertiary/aromatic N) is 4. The summed E-state index contributed by atoms with van der Waals surface area (Å²) in [6.45, 7) is 7.43. The van der Waals surface area contributed by atoms with Crippen LogP contribution in [0.4, 0.5) is 0 Å². The normalized spacial score (nSPS) is 16.7. The second kappa shape index (κ2) is 12.8. The number of aliphatic imine (C=N–C) groups is 1. The first kappa shape index (κ1) is 23.7. The number of benzene rings is 1. The lowest BCUT2D eigenvalue weighted by Gasteiger charge is -2.21. The molecule has 0 radical (unpaired) electrons. The molecular weight excluding hydrogens is 477 g/mol. The van der Waals surface area contributed by atoms with Crippen molar-refractivity contribution in [1.82, 2.24) is 20.0 Å². The lowest BCUT2D eigenvalue weighted by molar-refractivity contribution is 0.0907. The van der Waals surface area contributed by atoms with Gasteiger partial charge in [0.1, 0.15) is 0 Å². The number of likely N-dealkylation sites (tertiary alicyclic amines) is 1. The Labute approximate surface area is 191 Å². The second-order valence-corrected chi connectivity index (χ2v) is 7.46. The number of hydrogen-bond donors (Lipinski definition) is 1. The molecule has 0 bridgehead atoms. The fraction of sp³-hybridized carbons (Fsp3) is 0.545. The summed E-state index contributed by atoms with van der Waals surface area (Å²) in [6, 6.07) is 10.4. The van der Waals surface area contributed by atoms with Crippen LogP contribution in [0.25, 0.3) is 0 Å². The highest BCUT2D eigenvalue weighted by Gasteiger charge is 2.24. The van der Waals surface area contributed by atoms with Crippen LogP contribution in [0.5, 0.6) is 0 Å². The average molecular weight is 511 g/mol. The van der Waals surface area contributed by atoms with Crippen LogP contribution in [0.2, 0.25) is 0 Å². The fourth-order valence-corrected chi connectivity index (χ4v) is 3.57. The highest BCUT2D eigenvalue weighted by molar-refractivity contribution is 14.0. The van der Waals surface area contributed by atoms with E-state index in [1.165, 1.54) is 11.1 Å². The molecule has 0 aliphatic carbocycles. The monoisotopic (exact) mass is 511 g/mol. The molecule has 1 aliphatic heterocycles. The number of nitrogens with one attached hydrogen (secondary N) is 1. The van der Waals surface area contributed by atoms with Gasteiger partial charge in [0.2, 0.25) is 0 Å². The molecule has 1 atom stereocenters. The number of rotatable bonds is 9. The van der Waals surface area contributed by atoms with Crippen LogP contribution in [-0.2, 0) is 24.8 Å². The molecule has 1 aromatic carbocycles. The Morgan fingerprint density at radius 2 is 2.10 bits per heavy atom. The largest absolute Gasteiger partial charge is 0.376 e. The Kier molecular flexibility index (Phi) is 10.5. The molecular formula is C22H34IN5O. The number of aryl methyl sites for hydroxylation is 2. The molecule has 7 heteroatoms. The molecule has 1 aliphatic rings. The topological polar surface area (TPSA) is 54.7 Å². The zero-order chi connectivity index (χ0) is 19.6. The molecule has 1 unspecified atom stereocenters. The zero-order valence-electron chi connectivity index (χ0n) is 17.6. The summed E-state index contributed by atoms with van der Waals surface area (Å²) in [4.78, 5) is 7.22. The number of hydrogen-bond acceptors (Lipinski definition) is 3. The van der Waals surface area contributed by atoms with Crippen molar-refractivity contribution in [2.24, 2.45) is 18.0 Å². The average Bonchev–Trinajstić information content (AvgIpc) is 3.34. The molecule has 1 aromatic heterocycles. The van der Waals surface area contributed by atoms with Crippen LogP contribution in [0.1, 0.15) is 30.9 Å². The lowest BCUT2D eigenvalue weighted by Crippen LogP contribution is -2.40. The van der Waals surface area contributed by atoms with Gasteiger partial charge in [-0.25, -0.2) is 0 Å². The van der Waals surface area contributed by atoms with E-state index in [9.17, 15) is 0 Å². The second-order valence-electron chi connectivity index (χ2n) is 7.46. The van der Waals surface area contributed by atoms with Gasteiger partial charge in [-0.05, 0) is 37.3 Å². The van der Waals surface area contributed by atoms with E-state index in [-0.39, 0.29) is 24.0 Å². The predicted octanol–water partition coefficient (Wildman–Crippen LogP) is 3.47. The standard InChI is InChI=1S/C22H33N5O.HI/c1-3-23-22(24-12-7-10-20-14-25-26(2)15-20)27-13-11-21(16-27)18-28-17-19-8-5-4-6-9-19;/h4-6,8-9,14-15,21H,3,7,10-13,16-18H2,1-2H3,(H,23,24);1H. The molecule has 3 rings (SSSR count). The highest BCUT2D eigenvalue weighted by atomic mass is 127. The van der Waals surface area contributed by atoms with E-state index < -0.39 is 0 Å². The molecule has 0 spiro atoms. The summed E-state index contributed by atoms with van der Waals surface area (Å²) in [7, 11) is 1.96. The Bertz CT molecular complexity index is 734. The number of halogens is 1. The van der Waals surface area contributed by atoms with Gasteiger partial charge in [0.15, 0.2) is 5.96 Å². The van der Waals surface area contributed by atoms with Crippen LogP contribution in [0.3, 0.4) is 0 Å². The van der Waals surface area contributed by atoms with Gasteiger partial charge in [-0.2, -0.15) is 5.10 Å². The van der Waals surface area contributed by atoms with Gasteiger partial charge in [-0.15, -0.1) is 24.0 Å². The highest BCUT2D eigenvalue weighted by Crippen LogP contribution is 2.17. The predicted molar refractivity (Wildman–Crippen MR) is 129 cm³/mol. The van der Waals surface area contributed by atoms with E-state index in [1.807, 2.05) is 24.0 Å². The van der Waals surface area contributed by atoms with Crippen molar-refractivity contribution in [1.29, 1.82) is 0 Å². The van der Waals surface area contributed by atoms with Crippen molar-refractivity contribution in [2.75, 3.05) is 32.8 Å². The first-order valence-electron chi connectivity index (χ1n) is 10.4. The molecule has 1 fully saturated rings. The maximum absolute atomic E-state index is 5.95. The summed E-state index contributed by atoms with van der Waals surface area (Å²) in [5, 5.41) is 7.67. The summed E-state index contributed by atoms with van der Waals surface area (Å²) >= 11 is 0. The third-order valence-corrected chi connectivity index (χ3v) is 5.03. The molecule has 160 valence electrons. The maximum atomic E-state index is 5.95. The summed E-state index contributed by atoms with van der Waals surface area (Å²) in [6.07, 6.45) is 7.24. The van der Waals surface area contributed by atoms with E-state index in [2.05, 4.69) is 52.7 Å². The van der Waals surface area contributed by atoms with E-state index in [0.717, 1.165) is 58.0 Å². The molecule has 6 nitrogen and oxygen atoms in total. The van der Waals surface area contributed by atoms with Crippen LogP contribution < -0.4 is 5.32 Å². The number of guanidine groups is 1. The Morgan fingerprint density at radius 1 is 1.28 bits per heavy atom. The lowest BCUT2D eigenvalue weighted by atomic mass is 10.1. The van der Waals surface area contributed by atoms with Gasteiger partial charge in [0, 0.05) is 45.3 Å². The molecule has 2 aromatic rings. The minimum Gasteiger partial charge on any atom is -0.376 e. The van der Waals surface area contributed by atoms with E-state index in [1.54, 1.807) is 0 Å². The first-order chi connectivity index (χ1) is 13.7. The number of aromatic nitrogens is 2. The van der Waals surface area contributed by atoms with Crippen molar-refractivity contribution in [3.63, 3.8) is 0 Å². The number of ether oxygens (including phenoxy) is 1. The van der Waals surface area contributed by atoms with Crippen molar-refractivity contribution in [3.8, 4) is 0 Å². The van der Waals surface area contributed by atoms with Crippen molar-refractivity contribution in [2.45, 2.75) is 32.8 Å². The maximum Gasteiger partial charge on any atom is 0.193 e. The smallest absolute Gasteiger partial charge is 0.193 e. The van der Waals surface area contributed by atoms with Crippen LogP contribution >= 0.6 is 24.0 Å². The zero-order valence-corrected chi connectivity index (χ0v) is 19.9. The fourth-order valence-electron chi connectivity index (χ4n) is 3.57. The van der Waals surface area contributed by atoms with Crippen molar-refractivity contribution < 1.29 is 4.74 Å². The van der Waals surface area contributed by atoms with E-state index >= 15 is 0 Å². The molecule has 0 saturated carbocycles. The Morgan fingerprint density at radius 3 is 2.83 bits per heavy atom. The van der Waals surface area contributed by atoms with Gasteiger partial charge in [0.25, 0.3) is 0 Å². The molecule has 1 saturated heterocycles. The van der Waals surface area contributed by atoms with Gasteiger partial charge in [-0.3, -0.25) is 9.67 Å². The SMILES string of the molecule is CCNC(=NCCCc1cnn(C)c1)N1CCC(COCc2ccccc2)C1.I. The van der Waals surface area contributed by atoms with E-state index in [4.69, 9.17) is 9.73 Å². The van der Waals surface area contributed by atoms with Gasteiger partial charge in [-0.1, -0.05) is 30.3 Å². The molecule has 1 N–H and O–H groups in total. The van der Waals surface area contributed by atoms with E-state index in [0.29, 0.717) is 12.5 Å². The summed E-state index contributed by atoms with van der Waals surface area (Å²) in [5.74, 6) is 1.61. The Balaban J connectivity index is 0.00000300. The minimum atomic E-state index is 0. The quantitative estimate of drug-likeness (QED) is 0.243. The Hall–Kier alpha value is -1.61. The van der Waals surface area contributed by atoms with Gasteiger partial charge >= 0.3 is 0 Å².